The first-order chi connectivity index (χ1) is 11.0. The van der Waals surface area contributed by atoms with E-state index in [-0.39, 0.29) is 5.91 Å². The van der Waals surface area contributed by atoms with Crippen LogP contribution >= 0.6 is 0 Å². The van der Waals surface area contributed by atoms with Gasteiger partial charge in [0.1, 0.15) is 5.75 Å². The van der Waals surface area contributed by atoms with Crippen molar-refractivity contribution in [3.8, 4) is 5.75 Å². The van der Waals surface area contributed by atoms with Gasteiger partial charge < -0.3 is 15.0 Å². The molecule has 0 atom stereocenters. The molecule has 0 aliphatic rings. The fraction of sp³-hybridized carbons (Fsp3) is 0.316. The molecule has 1 N–H and O–H groups in total. The highest BCUT2D eigenvalue weighted by molar-refractivity contribution is 6.04. The molecule has 122 valence electrons. The van der Waals surface area contributed by atoms with Gasteiger partial charge in [-0.1, -0.05) is 6.07 Å². The fourth-order valence-electron chi connectivity index (χ4n) is 2.55. The average molecular weight is 312 g/mol. The van der Waals surface area contributed by atoms with Gasteiger partial charge in [-0.25, -0.2) is 0 Å². The zero-order valence-electron chi connectivity index (χ0n) is 14.2. The maximum absolute atomic E-state index is 12.3. The van der Waals surface area contributed by atoms with Crippen LogP contribution in [0.3, 0.4) is 0 Å². The molecule has 23 heavy (non-hydrogen) atoms. The molecule has 1 amide bonds. The normalized spacial score (nSPS) is 10.5. The first-order valence-corrected chi connectivity index (χ1v) is 7.87. The molecule has 4 nitrogen and oxygen atoms in total. The van der Waals surface area contributed by atoms with Crippen molar-refractivity contribution in [2.75, 3.05) is 23.9 Å². The summed E-state index contributed by atoms with van der Waals surface area (Å²) in [7, 11) is 1.59. The number of hydrogen-bond donors (Lipinski definition) is 1. The molecule has 0 aromatic heterocycles. The zero-order valence-corrected chi connectivity index (χ0v) is 14.2. The van der Waals surface area contributed by atoms with Gasteiger partial charge in [0.15, 0.2) is 0 Å². The van der Waals surface area contributed by atoms with Crippen molar-refractivity contribution in [3.05, 3.63) is 54.1 Å². The molecular weight excluding hydrogens is 288 g/mol. The van der Waals surface area contributed by atoms with Crippen LogP contribution in [-0.4, -0.2) is 25.6 Å². The second kappa shape index (κ2) is 7.68. The first kappa shape index (κ1) is 16.9. The number of methoxy groups -OCH3 is 1. The fourth-order valence-corrected chi connectivity index (χ4v) is 2.55. The Bertz CT molecular complexity index is 651. The van der Waals surface area contributed by atoms with Crippen LogP contribution in [0.1, 0.15) is 31.1 Å². The van der Waals surface area contributed by atoms with Crippen molar-refractivity contribution in [2.45, 2.75) is 26.8 Å². The topological polar surface area (TPSA) is 41.6 Å². The second-order valence-corrected chi connectivity index (χ2v) is 5.61. The van der Waals surface area contributed by atoms with E-state index < -0.39 is 0 Å². The van der Waals surface area contributed by atoms with Crippen molar-refractivity contribution in [3.63, 3.8) is 0 Å². The van der Waals surface area contributed by atoms with E-state index in [4.69, 9.17) is 4.74 Å². The quantitative estimate of drug-likeness (QED) is 0.870. The third-order valence-corrected chi connectivity index (χ3v) is 3.75. The minimum atomic E-state index is -0.146. The predicted octanol–water partition coefficient (Wildman–Crippen LogP) is 4.18. The minimum Gasteiger partial charge on any atom is -0.497 e. The van der Waals surface area contributed by atoms with Gasteiger partial charge in [-0.05, 0) is 63.2 Å². The van der Waals surface area contributed by atoms with Crippen molar-refractivity contribution in [2.24, 2.45) is 0 Å². The van der Waals surface area contributed by atoms with Crippen LogP contribution in [0.5, 0.6) is 5.75 Å². The summed E-state index contributed by atoms with van der Waals surface area (Å²) in [6.07, 6.45) is 0. The summed E-state index contributed by atoms with van der Waals surface area (Å²) >= 11 is 0. The number of benzene rings is 2. The molecule has 0 saturated carbocycles. The standard InChI is InChI=1S/C19H24N2O2/c1-5-21(14(2)3)17-11-9-16(10-12-17)20-19(22)15-7-6-8-18(13-15)23-4/h6-14H,5H2,1-4H3,(H,20,22). The van der Waals surface area contributed by atoms with Crippen molar-refractivity contribution >= 4 is 17.3 Å². The van der Waals surface area contributed by atoms with Gasteiger partial charge >= 0.3 is 0 Å². The first-order valence-electron chi connectivity index (χ1n) is 7.87. The number of nitrogens with one attached hydrogen (secondary N) is 1. The molecule has 0 unspecified atom stereocenters. The van der Waals surface area contributed by atoms with Crippen LogP contribution in [0, 0.1) is 0 Å². The predicted molar refractivity (Wildman–Crippen MR) is 95.5 cm³/mol. The molecular formula is C19H24N2O2. The Hall–Kier alpha value is -2.49. The highest BCUT2D eigenvalue weighted by atomic mass is 16.5. The molecule has 0 aliphatic carbocycles. The molecule has 0 fully saturated rings. The van der Waals surface area contributed by atoms with E-state index in [2.05, 4.69) is 31.0 Å². The lowest BCUT2D eigenvalue weighted by molar-refractivity contribution is 0.102. The molecule has 0 spiro atoms. The largest absolute Gasteiger partial charge is 0.497 e. The molecule has 2 rings (SSSR count). The number of ether oxygens (including phenoxy) is 1. The summed E-state index contributed by atoms with van der Waals surface area (Å²) < 4.78 is 5.15. The maximum atomic E-state index is 12.3. The Labute approximate surface area is 138 Å². The number of rotatable bonds is 6. The lowest BCUT2D eigenvalue weighted by Crippen LogP contribution is -2.30. The van der Waals surface area contributed by atoms with E-state index >= 15 is 0 Å². The monoisotopic (exact) mass is 312 g/mol. The summed E-state index contributed by atoms with van der Waals surface area (Å²) in [6, 6.07) is 15.5. The van der Waals surface area contributed by atoms with Crippen molar-refractivity contribution < 1.29 is 9.53 Å². The van der Waals surface area contributed by atoms with Crippen molar-refractivity contribution in [1.29, 1.82) is 0 Å². The van der Waals surface area contributed by atoms with Gasteiger partial charge in [-0.15, -0.1) is 0 Å². The van der Waals surface area contributed by atoms with Gasteiger partial charge in [0, 0.05) is 29.5 Å². The average Bonchev–Trinajstić information content (AvgIpc) is 2.56. The highest BCUT2D eigenvalue weighted by Crippen LogP contribution is 2.21. The number of nitrogens with zero attached hydrogens (tertiary/aromatic N) is 1. The van der Waals surface area contributed by atoms with E-state index in [1.807, 2.05) is 30.3 Å². The highest BCUT2D eigenvalue weighted by Gasteiger charge is 2.10. The Morgan fingerprint density at radius 1 is 1.17 bits per heavy atom. The number of hydrogen-bond acceptors (Lipinski definition) is 3. The molecule has 4 heteroatoms. The maximum Gasteiger partial charge on any atom is 0.255 e. The summed E-state index contributed by atoms with van der Waals surface area (Å²) in [4.78, 5) is 14.6. The van der Waals surface area contributed by atoms with Crippen LogP contribution < -0.4 is 15.0 Å². The van der Waals surface area contributed by atoms with Gasteiger partial charge in [-0.2, -0.15) is 0 Å². The van der Waals surface area contributed by atoms with Gasteiger partial charge in [0.2, 0.25) is 0 Å². The third kappa shape index (κ3) is 4.25. The third-order valence-electron chi connectivity index (χ3n) is 3.75. The van der Waals surface area contributed by atoms with Gasteiger partial charge in [-0.3, -0.25) is 4.79 Å². The molecule has 0 saturated heterocycles. The van der Waals surface area contributed by atoms with Crippen LogP contribution in [0.4, 0.5) is 11.4 Å². The Morgan fingerprint density at radius 3 is 2.43 bits per heavy atom. The lowest BCUT2D eigenvalue weighted by atomic mass is 10.2. The van der Waals surface area contributed by atoms with Crippen LogP contribution in [0.2, 0.25) is 0 Å². The number of carbonyl (C=O) groups excluding carboxylic acids is 1. The van der Waals surface area contributed by atoms with Crippen LogP contribution in [0.15, 0.2) is 48.5 Å². The van der Waals surface area contributed by atoms with Gasteiger partial charge in [0.25, 0.3) is 5.91 Å². The molecule has 0 radical (unpaired) electrons. The summed E-state index contributed by atoms with van der Waals surface area (Å²) in [5.74, 6) is 0.524. The Kier molecular flexibility index (Phi) is 5.63. The summed E-state index contributed by atoms with van der Waals surface area (Å²) in [5.41, 5.74) is 2.51. The Morgan fingerprint density at radius 2 is 1.87 bits per heavy atom. The zero-order chi connectivity index (χ0) is 16.8. The summed E-state index contributed by atoms with van der Waals surface area (Å²) in [5, 5.41) is 2.91. The van der Waals surface area contributed by atoms with Crippen LogP contribution in [0.25, 0.3) is 0 Å². The van der Waals surface area contributed by atoms with E-state index in [0.29, 0.717) is 17.4 Å². The molecule has 0 heterocycles. The van der Waals surface area contributed by atoms with Crippen LogP contribution in [-0.2, 0) is 0 Å². The van der Waals surface area contributed by atoms with E-state index in [1.54, 1.807) is 25.3 Å². The minimum absolute atomic E-state index is 0.146. The molecule has 0 aliphatic heterocycles. The lowest BCUT2D eigenvalue weighted by Gasteiger charge is -2.27. The second-order valence-electron chi connectivity index (χ2n) is 5.61. The van der Waals surface area contributed by atoms with E-state index in [9.17, 15) is 4.79 Å². The smallest absolute Gasteiger partial charge is 0.255 e. The Balaban J connectivity index is 2.09. The number of anilines is 2. The molecule has 0 bridgehead atoms. The summed E-state index contributed by atoms with van der Waals surface area (Å²) in [6.45, 7) is 7.43. The number of carbonyl (C=O) groups is 1. The molecule has 2 aromatic carbocycles. The molecule has 2 aromatic rings. The van der Waals surface area contributed by atoms with E-state index in [1.165, 1.54) is 0 Å². The van der Waals surface area contributed by atoms with E-state index in [0.717, 1.165) is 17.9 Å². The van der Waals surface area contributed by atoms with Crippen molar-refractivity contribution in [1.82, 2.24) is 0 Å². The van der Waals surface area contributed by atoms with Gasteiger partial charge in [0.05, 0.1) is 7.11 Å². The SMILES string of the molecule is CCN(c1ccc(NC(=O)c2cccc(OC)c2)cc1)C(C)C. The number of amides is 1.